The first kappa shape index (κ1) is 20.7. The molecule has 2 heterocycles. The van der Waals surface area contributed by atoms with Crippen LogP contribution in [0.25, 0.3) is 0 Å². The minimum atomic E-state index is -0.718. The maximum atomic E-state index is 13.0. The van der Waals surface area contributed by atoms with Gasteiger partial charge in [0.1, 0.15) is 5.75 Å². The minimum absolute atomic E-state index is 0.0138. The molecular formula is C22H25NO6. The zero-order valence-corrected chi connectivity index (χ0v) is 16.8. The number of rotatable bonds is 9. The lowest BCUT2D eigenvalue weighted by atomic mass is 9.95. The maximum Gasteiger partial charge on any atom is 0.290 e. The van der Waals surface area contributed by atoms with Crippen LogP contribution in [0.5, 0.6) is 5.75 Å². The van der Waals surface area contributed by atoms with Crippen molar-refractivity contribution in [1.82, 2.24) is 4.90 Å². The predicted molar refractivity (Wildman–Crippen MR) is 106 cm³/mol. The Hall–Kier alpha value is -3.06. The van der Waals surface area contributed by atoms with Gasteiger partial charge in [-0.15, -0.1) is 0 Å². The number of methoxy groups -OCH3 is 1. The summed E-state index contributed by atoms with van der Waals surface area (Å²) in [7, 11) is 1.56. The van der Waals surface area contributed by atoms with Crippen molar-refractivity contribution in [2.24, 2.45) is 0 Å². The topological polar surface area (TPSA) is 89.2 Å². The number of ketones is 1. The Morgan fingerprint density at radius 1 is 1.24 bits per heavy atom. The van der Waals surface area contributed by atoms with Crippen molar-refractivity contribution >= 4 is 11.7 Å². The summed E-state index contributed by atoms with van der Waals surface area (Å²) in [6.45, 7) is 4.68. The summed E-state index contributed by atoms with van der Waals surface area (Å²) in [4.78, 5) is 27.3. The molecule has 1 atom stereocenters. The lowest BCUT2D eigenvalue weighted by molar-refractivity contribution is -0.129. The number of ether oxygens (including phenoxy) is 2. The van der Waals surface area contributed by atoms with Crippen LogP contribution in [0.4, 0.5) is 0 Å². The first-order valence-corrected chi connectivity index (χ1v) is 9.52. The van der Waals surface area contributed by atoms with E-state index in [0.29, 0.717) is 30.9 Å². The van der Waals surface area contributed by atoms with E-state index in [1.54, 1.807) is 37.4 Å². The Morgan fingerprint density at radius 3 is 2.55 bits per heavy atom. The zero-order chi connectivity index (χ0) is 21.0. The van der Waals surface area contributed by atoms with Crippen LogP contribution in [0.2, 0.25) is 0 Å². The van der Waals surface area contributed by atoms with E-state index in [1.165, 1.54) is 17.2 Å². The average Bonchev–Trinajstić information content (AvgIpc) is 3.33. The number of aliphatic hydroxyl groups excluding tert-OH is 1. The highest BCUT2D eigenvalue weighted by atomic mass is 16.5. The van der Waals surface area contributed by atoms with Crippen molar-refractivity contribution in [2.75, 3.05) is 20.3 Å². The van der Waals surface area contributed by atoms with Crippen LogP contribution in [0.1, 0.15) is 42.4 Å². The number of carbonyl (C=O) groups is 2. The molecule has 0 spiro atoms. The number of furan rings is 1. The van der Waals surface area contributed by atoms with Crippen LogP contribution >= 0.6 is 0 Å². The molecule has 1 aliphatic rings. The zero-order valence-electron chi connectivity index (χ0n) is 16.8. The van der Waals surface area contributed by atoms with E-state index in [-0.39, 0.29) is 17.4 Å². The molecule has 3 rings (SSSR count). The summed E-state index contributed by atoms with van der Waals surface area (Å²) >= 11 is 0. The molecule has 0 bridgehead atoms. The highest BCUT2D eigenvalue weighted by molar-refractivity contribution is 6.15. The smallest absolute Gasteiger partial charge is 0.290 e. The Morgan fingerprint density at radius 2 is 1.97 bits per heavy atom. The predicted octanol–water partition coefficient (Wildman–Crippen LogP) is 3.68. The quantitative estimate of drug-likeness (QED) is 0.511. The van der Waals surface area contributed by atoms with Crippen LogP contribution in [0.3, 0.4) is 0 Å². The van der Waals surface area contributed by atoms with E-state index in [1.807, 2.05) is 13.8 Å². The van der Waals surface area contributed by atoms with Gasteiger partial charge < -0.3 is 23.9 Å². The molecule has 29 heavy (non-hydrogen) atoms. The van der Waals surface area contributed by atoms with Gasteiger partial charge in [-0.3, -0.25) is 9.59 Å². The van der Waals surface area contributed by atoms with Crippen molar-refractivity contribution in [2.45, 2.75) is 32.4 Å². The molecule has 1 unspecified atom stereocenters. The number of carbonyl (C=O) groups excluding carboxylic acids is 2. The fraction of sp³-hybridized carbons (Fsp3) is 0.364. The van der Waals surface area contributed by atoms with Crippen LogP contribution in [0, 0.1) is 0 Å². The summed E-state index contributed by atoms with van der Waals surface area (Å²) in [5.41, 5.74) is 0.711. The van der Waals surface area contributed by atoms with Gasteiger partial charge in [0, 0.05) is 13.2 Å². The largest absolute Gasteiger partial charge is 0.503 e. The van der Waals surface area contributed by atoms with E-state index >= 15 is 0 Å². The summed E-state index contributed by atoms with van der Waals surface area (Å²) in [5, 5.41) is 10.5. The normalized spacial score (nSPS) is 16.8. The molecule has 0 saturated heterocycles. The van der Waals surface area contributed by atoms with Crippen LogP contribution < -0.4 is 4.74 Å². The van der Waals surface area contributed by atoms with Crippen molar-refractivity contribution in [3.8, 4) is 5.75 Å². The SMILES string of the molecule is COc1ccc(C2C(C(=O)c3ccco3)=C(O)C(=O)N2CCCOC(C)C)cc1. The van der Waals surface area contributed by atoms with Crippen LogP contribution in [-0.2, 0) is 9.53 Å². The Balaban J connectivity index is 1.93. The highest BCUT2D eigenvalue weighted by Gasteiger charge is 2.44. The summed E-state index contributed by atoms with van der Waals surface area (Å²) in [6.07, 6.45) is 2.04. The molecule has 1 N–H and O–H groups in total. The lowest BCUT2D eigenvalue weighted by Crippen LogP contribution is -2.32. The standard InChI is InChI=1S/C22H25NO6/c1-14(2)28-13-5-11-23-19(15-7-9-16(27-3)10-8-15)18(21(25)22(23)26)20(24)17-6-4-12-29-17/h4,6-10,12,14,19,25H,5,11,13H2,1-3H3. The second-order valence-electron chi connectivity index (χ2n) is 7.02. The molecule has 154 valence electrons. The molecule has 7 nitrogen and oxygen atoms in total. The molecule has 0 radical (unpaired) electrons. The third-order valence-corrected chi connectivity index (χ3v) is 4.72. The van der Waals surface area contributed by atoms with Crippen LogP contribution in [0.15, 0.2) is 58.4 Å². The van der Waals surface area contributed by atoms with Gasteiger partial charge in [0.05, 0.1) is 31.1 Å². The van der Waals surface area contributed by atoms with Gasteiger partial charge in [-0.05, 0) is 50.1 Å². The average molecular weight is 399 g/mol. The number of Topliss-reactive ketones (excluding diaryl/α,β-unsaturated/α-hetero) is 1. The molecule has 0 aliphatic carbocycles. The van der Waals surface area contributed by atoms with Crippen molar-refractivity contribution in [1.29, 1.82) is 0 Å². The summed E-state index contributed by atoms with van der Waals surface area (Å²) in [6, 6.07) is 9.45. The summed E-state index contributed by atoms with van der Waals surface area (Å²) in [5.74, 6) is -0.908. The number of aliphatic hydroxyl groups is 1. The number of benzene rings is 1. The van der Waals surface area contributed by atoms with Gasteiger partial charge in [0.25, 0.3) is 5.91 Å². The van der Waals surface area contributed by atoms with Crippen molar-refractivity contribution in [3.63, 3.8) is 0 Å². The second kappa shape index (κ2) is 8.96. The first-order valence-electron chi connectivity index (χ1n) is 9.52. The Labute approximate surface area is 169 Å². The third-order valence-electron chi connectivity index (χ3n) is 4.72. The third kappa shape index (κ3) is 4.35. The van der Waals surface area contributed by atoms with Gasteiger partial charge >= 0.3 is 0 Å². The van der Waals surface area contributed by atoms with E-state index < -0.39 is 23.5 Å². The summed E-state index contributed by atoms with van der Waals surface area (Å²) < 4.78 is 16.0. The van der Waals surface area contributed by atoms with Gasteiger partial charge in [0.2, 0.25) is 5.78 Å². The van der Waals surface area contributed by atoms with Crippen LogP contribution in [-0.4, -0.2) is 48.1 Å². The minimum Gasteiger partial charge on any atom is -0.503 e. The molecular weight excluding hydrogens is 374 g/mol. The molecule has 2 aromatic rings. The van der Waals surface area contributed by atoms with Gasteiger partial charge in [-0.25, -0.2) is 0 Å². The molecule has 1 aromatic carbocycles. The molecule has 7 heteroatoms. The monoisotopic (exact) mass is 399 g/mol. The number of hydrogen-bond donors (Lipinski definition) is 1. The van der Waals surface area contributed by atoms with E-state index in [0.717, 1.165) is 0 Å². The molecule has 0 saturated carbocycles. The molecule has 1 aliphatic heterocycles. The molecule has 1 amide bonds. The number of hydrogen-bond acceptors (Lipinski definition) is 6. The molecule has 0 fully saturated rings. The van der Waals surface area contributed by atoms with Gasteiger partial charge in [0.15, 0.2) is 11.5 Å². The first-order chi connectivity index (χ1) is 13.9. The fourth-order valence-corrected chi connectivity index (χ4v) is 3.34. The Bertz CT molecular complexity index is 883. The lowest BCUT2D eigenvalue weighted by Gasteiger charge is -2.27. The number of nitrogens with zero attached hydrogens (tertiary/aromatic N) is 1. The Kier molecular flexibility index (Phi) is 6.39. The number of amides is 1. The maximum absolute atomic E-state index is 13.0. The van der Waals surface area contributed by atoms with E-state index in [2.05, 4.69) is 0 Å². The van der Waals surface area contributed by atoms with E-state index in [4.69, 9.17) is 13.9 Å². The van der Waals surface area contributed by atoms with Crippen molar-refractivity contribution in [3.05, 3.63) is 65.3 Å². The second-order valence-corrected chi connectivity index (χ2v) is 7.02. The highest BCUT2D eigenvalue weighted by Crippen LogP contribution is 2.39. The van der Waals surface area contributed by atoms with Crippen molar-refractivity contribution < 1.29 is 28.6 Å². The van der Waals surface area contributed by atoms with Gasteiger partial charge in [-0.1, -0.05) is 12.1 Å². The van der Waals surface area contributed by atoms with Gasteiger partial charge in [-0.2, -0.15) is 0 Å². The molecule has 1 aromatic heterocycles. The van der Waals surface area contributed by atoms with E-state index in [9.17, 15) is 14.7 Å². The fourth-order valence-electron chi connectivity index (χ4n) is 3.34.